The van der Waals surface area contributed by atoms with Crippen molar-refractivity contribution >= 4 is 34.4 Å². The first-order valence-corrected chi connectivity index (χ1v) is 18.9. The number of pyridine rings is 1. The number of hydrogen-bond donors (Lipinski definition) is 3. The maximum atomic E-state index is 13.3. The molecule has 1 saturated carbocycles. The second-order valence-electron chi connectivity index (χ2n) is 15.2. The molecule has 53 heavy (non-hydrogen) atoms. The van der Waals surface area contributed by atoms with Crippen molar-refractivity contribution < 1.29 is 14.4 Å². The maximum Gasteiger partial charge on any atom is 0.329 e. The molecular formula is C41H44N8O4. The fourth-order valence-corrected chi connectivity index (χ4v) is 9.18. The molecule has 3 amide bonds. The first-order chi connectivity index (χ1) is 25.8. The van der Waals surface area contributed by atoms with Gasteiger partial charge in [-0.1, -0.05) is 37.1 Å². The molecule has 1 spiro atoms. The quantitative estimate of drug-likeness (QED) is 0.214. The summed E-state index contributed by atoms with van der Waals surface area (Å²) in [6.07, 6.45) is 7.78. The Morgan fingerprint density at radius 2 is 1.70 bits per heavy atom. The zero-order chi connectivity index (χ0) is 36.3. The topological polar surface area (TPSA) is 137 Å². The number of aryl methyl sites for hydroxylation is 1. The van der Waals surface area contributed by atoms with Gasteiger partial charge in [0, 0.05) is 92.6 Å². The molecule has 1 unspecified atom stereocenters. The molecule has 1 atom stereocenters. The number of aromatic nitrogens is 4. The van der Waals surface area contributed by atoms with Gasteiger partial charge >= 0.3 is 5.69 Å². The fraction of sp³-hybridized carbons (Fsp3) is 0.390. The highest BCUT2D eigenvalue weighted by Gasteiger charge is 2.43. The SMILES string of the molecule is Cn1c(=O)n(C2CCC(=O)NC2=O)c2cccc(CCN3CCN(c4ccc(-c5cc(-c6cc7c([nH]6)C6(CCCC6)CNC7=O)ccn5)cc4)CC3)c21. The van der Waals surface area contributed by atoms with E-state index in [-0.39, 0.29) is 29.3 Å². The van der Waals surface area contributed by atoms with Gasteiger partial charge in [0.05, 0.1) is 22.3 Å². The molecule has 2 saturated heterocycles. The minimum Gasteiger partial charge on any atom is -0.369 e. The van der Waals surface area contributed by atoms with Crippen LogP contribution in [-0.4, -0.2) is 81.0 Å². The summed E-state index contributed by atoms with van der Waals surface area (Å²) in [6, 6.07) is 20.0. The number of imide groups is 1. The van der Waals surface area contributed by atoms with E-state index in [0.717, 1.165) is 102 Å². The third kappa shape index (κ3) is 5.85. The van der Waals surface area contributed by atoms with Crippen LogP contribution in [0.15, 0.2) is 71.7 Å². The number of nitrogens with zero attached hydrogens (tertiary/aromatic N) is 5. The van der Waals surface area contributed by atoms with E-state index in [1.165, 1.54) is 18.5 Å². The number of nitrogens with one attached hydrogen (secondary N) is 3. The number of rotatable bonds is 7. The van der Waals surface area contributed by atoms with Crippen LogP contribution in [0.2, 0.25) is 0 Å². The average molecular weight is 713 g/mol. The number of benzene rings is 2. The Balaban J connectivity index is 0.846. The lowest BCUT2D eigenvalue weighted by molar-refractivity contribution is -0.135. The molecule has 9 rings (SSSR count). The standard InChI is InChI=1S/C41H44N8O4/c1-46-36-27(5-4-6-33(36)49(40(46)53)34-11-12-35(50)45-39(34)52)14-18-47-19-21-48(22-20-47)29-9-7-26(8-10-29)31-23-28(13-17-42-31)32-24-30-37(44-32)41(15-2-3-16-41)25-43-38(30)51/h4-10,13,17,23-24,34,44H,2-3,11-12,14-16,18-22,25H2,1H3,(H,43,51)(H,45,50,52). The predicted molar refractivity (Wildman–Crippen MR) is 203 cm³/mol. The normalized spacial score (nSPS) is 20.2. The third-order valence-corrected chi connectivity index (χ3v) is 12.1. The van der Waals surface area contributed by atoms with Crippen LogP contribution in [0.4, 0.5) is 5.69 Å². The number of carbonyl (C=O) groups excluding carboxylic acids is 3. The van der Waals surface area contributed by atoms with E-state index in [0.29, 0.717) is 13.0 Å². The summed E-state index contributed by atoms with van der Waals surface area (Å²) in [5, 5.41) is 5.52. The van der Waals surface area contributed by atoms with E-state index in [1.54, 1.807) is 16.2 Å². The molecule has 3 aliphatic heterocycles. The van der Waals surface area contributed by atoms with E-state index in [9.17, 15) is 19.2 Å². The first-order valence-electron chi connectivity index (χ1n) is 18.9. The summed E-state index contributed by atoms with van der Waals surface area (Å²) in [6.45, 7) is 5.25. The molecular weight excluding hydrogens is 669 g/mol. The lowest BCUT2D eigenvalue weighted by Crippen LogP contribution is -2.47. The van der Waals surface area contributed by atoms with Crippen molar-refractivity contribution in [2.24, 2.45) is 7.05 Å². The molecule has 1 aliphatic carbocycles. The van der Waals surface area contributed by atoms with Crippen LogP contribution in [0, 0.1) is 0 Å². The number of H-pyrrole nitrogens is 1. The number of piperidine rings is 1. The van der Waals surface area contributed by atoms with Crippen molar-refractivity contribution in [3.8, 4) is 22.5 Å². The molecule has 272 valence electrons. The van der Waals surface area contributed by atoms with Crippen LogP contribution >= 0.6 is 0 Å². The average Bonchev–Trinajstić information content (AvgIpc) is 3.91. The molecule has 12 nitrogen and oxygen atoms in total. The van der Waals surface area contributed by atoms with Crippen LogP contribution in [0.3, 0.4) is 0 Å². The van der Waals surface area contributed by atoms with Crippen molar-refractivity contribution in [3.63, 3.8) is 0 Å². The smallest absolute Gasteiger partial charge is 0.329 e. The molecule has 3 N–H and O–H groups in total. The number of hydrogen-bond acceptors (Lipinski definition) is 7. The minimum atomic E-state index is -0.687. The summed E-state index contributed by atoms with van der Waals surface area (Å²) in [7, 11) is 1.76. The second-order valence-corrected chi connectivity index (χ2v) is 15.2. The van der Waals surface area contributed by atoms with Gasteiger partial charge in [0.2, 0.25) is 11.8 Å². The zero-order valence-corrected chi connectivity index (χ0v) is 30.0. The second kappa shape index (κ2) is 13.2. The van der Waals surface area contributed by atoms with Gasteiger partial charge in [-0.2, -0.15) is 0 Å². The fourth-order valence-electron chi connectivity index (χ4n) is 9.18. The highest BCUT2D eigenvalue weighted by Crippen LogP contribution is 2.44. The highest BCUT2D eigenvalue weighted by molar-refractivity contribution is 6.00. The largest absolute Gasteiger partial charge is 0.369 e. The molecule has 5 aromatic rings. The van der Waals surface area contributed by atoms with Gasteiger partial charge < -0.3 is 15.2 Å². The molecule has 2 aromatic carbocycles. The Hall–Kier alpha value is -5.49. The lowest BCUT2D eigenvalue weighted by atomic mass is 9.78. The van der Waals surface area contributed by atoms with E-state index < -0.39 is 11.9 Å². The minimum absolute atomic E-state index is 0.00991. The summed E-state index contributed by atoms with van der Waals surface area (Å²) >= 11 is 0. The molecule has 0 radical (unpaired) electrons. The first kappa shape index (κ1) is 33.4. The van der Waals surface area contributed by atoms with Gasteiger partial charge in [-0.15, -0.1) is 0 Å². The van der Waals surface area contributed by atoms with Crippen molar-refractivity contribution in [2.45, 2.75) is 56.4 Å². The zero-order valence-electron chi connectivity index (χ0n) is 30.0. The number of aromatic amines is 1. The Morgan fingerprint density at radius 1 is 0.906 bits per heavy atom. The molecule has 4 aliphatic rings. The predicted octanol–water partition coefficient (Wildman–Crippen LogP) is 4.29. The van der Waals surface area contributed by atoms with Gasteiger partial charge in [-0.05, 0) is 67.6 Å². The maximum absolute atomic E-state index is 13.3. The molecule has 3 fully saturated rings. The van der Waals surface area contributed by atoms with Gasteiger partial charge in [0.1, 0.15) is 6.04 Å². The van der Waals surface area contributed by atoms with Crippen LogP contribution < -0.4 is 21.2 Å². The number of anilines is 1. The van der Waals surface area contributed by atoms with Crippen LogP contribution in [0.1, 0.15) is 66.2 Å². The summed E-state index contributed by atoms with van der Waals surface area (Å²) < 4.78 is 3.19. The molecule has 0 bridgehead atoms. The molecule has 12 heteroatoms. The van der Waals surface area contributed by atoms with Crippen molar-refractivity contribution in [1.29, 1.82) is 0 Å². The van der Waals surface area contributed by atoms with E-state index in [2.05, 4.69) is 61.8 Å². The molecule has 3 aromatic heterocycles. The van der Waals surface area contributed by atoms with Gasteiger partial charge in [0.25, 0.3) is 5.91 Å². The Labute approximate surface area is 307 Å². The Kier molecular flexibility index (Phi) is 8.29. The Morgan fingerprint density at radius 3 is 2.47 bits per heavy atom. The number of piperazine rings is 1. The highest BCUT2D eigenvalue weighted by atomic mass is 16.2. The number of carbonyl (C=O) groups is 3. The molecule has 6 heterocycles. The summed E-state index contributed by atoms with van der Waals surface area (Å²) in [5.41, 5.74) is 9.43. The van der Waals surface area contributed by atoms with Gasteiger partial charge in [-0.25, -0.2) is 4.79 Å². The van der Waals surface area contributed by atoms with Crippen LogP contribution in [0.5, 0.6) is 0 Å². The summed E-state index contributed by atoms with van der Waals surface area (Å²) in [4.78, 5) is 63.7. The third-order valence-electron chi connectivity index (χ3n) is 12.1. The van der Waals surface area contributed by atoms with Crippen LogP contribution in [-0.2, 0) is 28.5 Å². The van der Waals surface area contributed by atoms with E-state index in [1.807, 2.05) is 30.5 Å². The van der Waals surface area contributed by atoms with Crippen molar-refractivity contribution in [2.75, 3.05) is 44.2 Å². The van der Waals surface area contributed by atoms with E-state index in [4.69, 9.17) is 4.98 Å². The number of imidazole rings is 1. The van der Waals surface area contributed by atoms with Crippen LogP contribution in [0.25, 0.3) is 33.5 Å². The van der Waals surface area contributed by atoms with Crippen molar-refractivity contribution in [1.82, 2.24) is 34.6 Å². The number of amides is 3. The van der Waals surface area contributed by atoms with E-state index >= 15 is 0 Å². The van der Waals surface area contributed by atoms with Gasteiger partial charge in [0.15, 0.2) is 0 Å². The summed E-state index contributed by atoms with van der Waals surface area (Å²) in [5.74, 6) is -0.701. The number of para-hydroxylation sites is 1. The Bertz CT molecular complexity index is 2300. The number of fused-ring (bicyclic) bond motifs is 3. The monoisotopic (exact) mass is 712 g/mol. The van der Waals surface area contributed by atoms with Crippen molar-refractivity contribution in [3.05, 3.63) is 94.2 Å². The lowest BCUT2D eigenvalue weighted by Gasteiger charge is -2.36. The van der Waals surface area contributed by atoms with Gasteiger partial charge in [-0.3, -0.25) is 38.7 Å².